The van der Waals surface area contributed by atoms with Crippen LogP contribution < -0.4 is 4.74 Å². The van der Waals surface area contributed by atoms with Crippen molar-refractivity contribution >= 4 is 5.91 Å². The molecule has 0 aromatic heterocycles. The van der Waals surface area contributed by atoms with Crippen LogP contribution in [0.3, 0.4) is 0 Å². The summed E-state index contributed by atoms with van der Waals surface area (Å²) in [7, 11) is 1.45. The summed E-state index contributed by atoms with van der Waals surface area (Å²) in [6, 6.07) is 9.61. The summed E-state index contributed by atoms with van der Waals surface area (Å²) in [6.45, 7) is 0.164. The quantitative estimate of drug-likeness (QED) is 0.925. The molecule has 1 N–H and O–H groups in total. The van der Waals surface area contributed by atoms with E-state index in [0.29, 0.717) is 23.3 Å². The summed E-state index contributed by atoms with van der Waals surface area (Å²) >= 11 is 0. The lowest BCUT2D eigenvalue weighted by Crippen LogP contribution is -2.33. The number of carbonyl (C=O) groups is 1. The first kappa shape index (κ1) is 17.4. The number of nitrogens with zero attached hydrogens (tertiary/aromatic N) is 1. The van der Waals surface area contributed by atoms with Gasteiger partial charge in [0.15, 0.2) is 0 Å². The molecule has 132 valence electrons. The molecule has 0 saturated carbocycles. The van der Waals surface area contributed by atoms with E-state index in [9.17, 15) is 18.7 Å². The van der Waals surface area contributed by atoms with E-state index in [1.807, 2.05) is 0 Å². The molecule has 1 fully saturated rings. The van der Waals surface area contributed by atoms with Crippen LogP contribution in [0.4, 0.5) is 8.78 Å². The van der Waals surface area contributed by atoms with Gasteiger partial charge < -0.3 is 14.7 Å². The Morgan fingerprint density at radius 3 is 2.72 bits per heavy atom. The number of hydrogen-bond acceptors (Lipinski definition) is 3. The van der Waals surface area contributed by atoms with Crippen molar-refractivity contribution in [1.29, 1.82) is 0 Å². The fourth-order valence-corrected chi connectivity index (χ4v) is 3.27. The zero-order chi connectivity index (χ0) is 18.0. The van der Waals surface area contributed by atoms with E-state index in [1.54, 1.807) is 12.1 Å². The number of aliphatic hydroxyl groups excluding tert-OH is 1. The molecule has 3 rings (SSSR count). The van der Waals surface area contributed by atoms with Crippen LogP contribution in [0, 0.1) is 11.6 Å². The number of ether oxygens (including phenoxy) is 1. The number of hydrogen-bond donors (Lipinski definition) is 1. The van der Waals surface area contributed by atoms with Crippen LogP contribution in [-0.2, 0) is 11.2 Å². The van der Waals surface area contributed by atoms with Gasteiger partial charge in [-0.1, -0.05) is 12.1 Å². The van der Waals surface area contributed by atoms with Crippen LogP contribution in [0.1, 0.15) is 23.6 Å². The summed E-state index contributed by atoms with van der Waals surface area (Å²) in [4.78, 5) is 14.3. The van der Waals surface area contributed by atoms with Crippen molar-refractivity contribution in [2.24, 2.45) is 0 Å². The average Bonchev–Trinajstić information content (AvgIpc) is 2.97. The predicted molar refractivity (Wildman–Crippen MR) is 88.1 cm³/mol. The van der Waals surface area contributed by atoms with E-state index >= 15 is 0 Å². The molecule has 1 aliphatic rings. The molecule has 6 heteroatoms. The van der Waals surface area contributed by atoms with E-state index in [1.165, 1.54) is 42.3 Å². The van der Waals surface area contributed by atoms with Gasteiger partial charge in [0.1, 0.15) is 17.4 Å². The van der Waals surface area contributed by atoms with Crippen molar-refractivity contribution in [3.05, 3.63) is 65.2 Å². The van der Waals surface area contributed by atoms with Crippen molar-refractivity contribution in [3.63, 3.8) is 0 Å². The van der Waals surface area contributed by atoms with Gasteiger partial charge in [0.05, 0.1) is 25.7 Å². The first-order valence-corrected chi connectivity index (χ1v) is 8.03. The first-order valence-electron chi connectivity index (χ1n) is 8.03. The highest BCUT2D eigenvalue weighted by Gasteiger charge is 2.35. The summed E-state index contributed by atoms with van der Waals surface area (Å²) in [6.07, 6.45) is -0.388. The highest BCUT2D eigenvalue weighted by Crippen LogP contribution is 2.33. The van der Waals surface area contributed by atoms with Crippen LogP contribution in [0.15, 0.2) is 42.5 Å². The van der Waals surface area contributed by atoms with Gasteiger partial charge in [0.2, 0.25) is 5.91 Å². The number of likely N-dealkylation sites (tertiary alicyclic amines) is 1. The Balaban J connectivity index is 1.84. The Kier molecular flexibility index (Phi) is 4.99. The zero-order valence-electron chi connectivity index (χ0n) is 13.8. The number of amides is 1. The lowest BCUT2D eigenvalue weighted by atomic mass is 10.0. The molecule has 0 radical (unpaired) electrons. The number of rotatable bonds is 4. The second kappa shape index (κ2) is 7.19. The molecule has 1 aliphatic heterocycles. The Morgan fingerprint density at radius 2 is 2.00 bits per heavy atom. The molecule has 4 nitrogen and oxygen atoms in total. The van der Waals surface area contributed by atoms with Crippen LogP contribution >= 0.6 is 0 Å². The summed E-state index contributed by atoms with van der Waals surface area (Å²) in [5, 5.41) is 9.99. The van der Waals surface area contributed by atoms with Crippen molar-refractivity contribution in [2.45, 2.75) is 25.0 Å². The Labute approximate surface area is 144 Å². The molecule has 0 unspecified atom stereocenters. The van der Waals surface area contributed by atoms with Crippen LogP contribution in [0.5, 0.6) is 5.75 Å². The van der Waals surface area contributed by atoms with Gasteiger partial charge in [-0.15, -0.1) is 0 Å². The van der Waals surface area contributed by atoms with Crippen LogP contribution in [-0.4, -0.2) is 35.7 Å². The smallest absolute Gasteiger partial charge is 0.227 e. The lowest BCUT2D eigenvalue weighted by molar-refractivity contribution is -0.131. The highest BCUT2D eigenvalue weighted by molar-refractivity contribution is 5.80. The van der Waals surface area contributed by atoms with Crippen molar-refractivity contribution < 1.29 is 23.4 Å². The molecular weight excluding hydrogens is 328 g/mol. The first-order chi connectivity index (χ1) is 12.0. The number of carbonyl (C=O) groups excluding carboxylic acids is 1. The summed E-state index contributed by atoms with van der Waals surface area (Å²) < 4.78 is 32.2. The molecule has 2 aromatic carbocycles. The number of benzene rings is 2. The van der Waals surface area contributed by atoms with Crippen molar-refractivity contribution in [2.75, 3.05) is 13.7 Å². The van der Waals surface area contributed by atoms with E-state index in [0.717, 1.165) is 0 Å². The molecule has 2 aromatic rings. The predicted octanol–water partition coefficient (Wildman–Crippen LogP) is 2.85. The maximum atomic E-state index is 13.5. The average molecular weight is 347 g/mol. The fraction of sp³-hybridized carbons (Fsp3) is 0.316. The van der Waals surface area contributed by atoms with Crippen molar-refractivity contribution in [3.8, 4) is 5.75 Å². The van der Waals surface area contributed by atoms with Gasteiger partial charge >= 0.3 is 0 Å². The van der Waals surface area contributed by atoms with E-state index in [4.69, 9.17) is 4.74 Å². The third-order valence-corrected chi connectivity index (χ3v) is 4.42. The minimum Gasteiger partial charge on any atom is -0.496 e. The monoisotopic (exact) mass is 347 g/mol. The van der Waals surface area contributed by atoms with E-state index in [-0.39, 0.29) is 18.9 Å². The summed E-state index contributed by atoms with van der Waals surface area (Å²) in [5.41, 5.74) is 1.07. The molecule has 2 atom stereocenters. The minimum absolute atomic E-state index is 0.0561. The number of β-amino-alcohol motifs (C(OH)–C–C–N with tert-alkyl or cyclic N) is 1. The van der Waals surface area contributed by atoms with Crippen molar-refractivity contribution in [1.82, 2.24) is 4.90 Å². The standard InChI is InChI=1S/C19H19F2NO3/c1-25-18-6-5-15(21)8-13(18)9-19(24)22-11-16(23)10-17(22)12-3-2-4-14(20)7-12/h2-8,16-17,23H,9-11H2,1H3/t16-,17-/m0/s1. The van der Waals surface area contributed by atoms with E-state index < -0.39 is 23.8 Å². The highest BCUT2D eigenvalue weighted by atomic mass is 19.1. The maximum Gasteiger partial charge on any atom is 0.227 e. The number of methoxy groups -OCH3 is 1. The van der Waals surface area contributed by atoms with Crippen LogP contribution in [0.25, 0.3) is 0 Å². The molecule has 0 aliphatic carbocycles. The zero-order valence-corrected chi connectivity index (χ0v) is 13.8. The SMILES string of the molecule is COc1ccc(F)cc1CC(=O)N1C[C@@H](O)C[C@H]1c1cccc(F)c1. The fourth-order valence-electron chi connectivity index (χ4n) is 3.27. The molecule has 1 heterocycles. The largest absolute Gasteiger partial charge is 0.496 e. The maximum absolute atomic E-state index is 13.5. The molecular formula is C19H19F2NO3. The van der Waals surface area contributed by atoms with E-state index in [2.05, 4.69) is 0 Å². The molecule has 1 amide bonds. The molecule has 0 bridgehead atoms. The van der Waals surface area contributed by atoms with Gasteiger partial charge in [-0.05, 0) is 42.3 Å². The lowest BCUT2D eigenvalue weighted by Gasteiger charge is -2.25. The van der Waals surface area contributed by atoms with Gasteiger partial charge in [0, 0.05) is 12.1 Å². The number of halogens is 2. The Bertz CT molecular complexity index is 781. The number of aliphatic hydroxyl groups is 1. The molecule has 25 heavy (non-hydrogen) atoms. The Hall–Kier alpha value is -2.47. The second-order valence-electron chi connectivity index (χ2n) is 6.14. The topological polar surface area (TPSA) is 49.8 Å². The van der Waals surface area contributed by atoms with Gasteiger partial charge in [-0.2, -0.15) is 0 Å². The molecule has 1 saturated heterocycles. The summed E-state index contributed by atoms with van der Waals surface area (Å²) in [5.74, 6) is -0.684. The van der Waals surface area contributed by atoms with Gasteiger partial charge in [-0.3, -0.25) is 4.79 Å². The normalized spacial score (nSPS) is 19.9. The minimum atomic E-state index is -0.674. The third-order valence-electron chi connectivity index (χ3n) is 4.42. The Morgan fingerprint density at radius 1 is 1.24 bits per heavy atom. The van der Waals surface area contributed by atoms with Crippen LogP contribution in [0.2, 0.25) is 0 Å². The van der Waals surface area contributed by atoms with Gasteiger partial charge in [-0.25, -0.2) is 8.78 Å². The third kappa shape index (κ3) is 3.79. The van der Waals surface area contributed by atoms with Gasteiger partial charge in [0.25, 0.3) is 0 Å². The second-order valence-corrected chi connectivity index (χ2v) is 6.14. The molecule has 0 spiro atoms.